The van der Waals surface area contributed by atoms with Crippen molar-refractivity contribution in [2.75, 3.05) is 26.7 Å². The number of carbonyl (C=O) groups is 1. The molecule has 0 saturated carbocycles. The zero-order valence-electron chi connectivity index (χ0n) is 15.4. The normalized spacial score (nSPS) is 34.1. The Morgan fingerprint density at radius 3 is 2.36 bits per heavy atom. The number of nitrogens with two attached hydrogens (primary N) is 1. The molecule has 0 unspecified atom stereocenters. The summed E-state index contributed by atoms with van der Waals surface area (Å²) < 4.78 is 5.30. The number of likely N-dealkylation sites (tertiary alicyclic amines) is 1. The molecule has 2 N–H and O–H groups in total. The van der Waals surface area contributed by atoms with Crippen molar-refractivity contribution >= 4 is 5.91 Å². The van der Waals surface area contributed by atoms with Crippen molar-refractivity contribution in [1.82, 2.24) is 9.80 Å². The van der Waals surface area contributed by atoms with E-state index in [0.717, 1.165) is 25.4 Å². The van der Waals surface area contributed by atoms with Gasteiger partial charge >= 0.3 is 0 Å². The third-order valence-electron chi connectivity index (χ3n) is 6.35. The van der Waals surface area contributed by atoms with Crippen LogP contribution in [0.15, 0.2) is 24.3 Å². The largest absolute Gasteiger partial charge is 0.497 e. The third kappa shape index (κ3) is 2.74. The van der Waals surface area contributed by atoms with Crippen LogP contribution < -0.4 is 10.5 Å². The maximum Gasteiger partial charge on any atom is 0.242 e. The van der Waals surface area contributed by atoms with E-state index in [1.54, 1.807) is 7.11 Å². The number of hydrogen-bond acceptors (Lipinski definition) is 4. The topological polar surface area (TPSA) is 58.8 Å². The Kier molecular flexibility index (Phi) is 4.04. The van der Waals surface area contributed by atoms with Crippen LogP contribution >= 0.6 is 0 Å². The summed E-state index contributed by atoms with van der Waals surface area (Å²) in [7, 11) is 1.69. The molecule has 1 aromatic carbocycles. The van der Waals surface area contributed by atoms with Gasteiger partial charge in [-0.3, -0.25) is 9.69 Å². The average molecular weight is 343 g/mol. The number of piperidine rings is 3. The molecule has 3 atom stereocenters. The van der Waals surface area contributed by atoms with Gasteiger partial charge in [0.1, 0.15) is 5.75 Å². The van der Waals surface area contributed by atoms with Gasteiger partial charge in [0, 0.05) is 18.5 Å². The highest BCUT2D eigenvalue weighted by molar-refractivity contribution is 5.86. The molecule has 0 aliphatic carbocycles. The van der Waals surface area contributed by atoms with Gasteiger partial charge in [-0.05, 0) is 63.4 Å². The van der Waals surface area contributed by atoms with E-state index < -0.39 is 5.54 Å². The number of rotatable bonds is 3. The Morgan fingerprint density at radius 2 is 1.80 bits per heavy atom. The molecule has 4 aliphatic rings. The number of ether oxygens (including phenoxy) is 1. The molecular formula is C20H29N3O2. The summed E-state index contributed by atoms with van der Waals surface area (Å²) in [4.78, 5) is 17.8. The van der Waals surface area contributed by atoms with E-state index in [-0.39, 0.29) is 5.91 Å². The van der Waals surface area contributed by atoms with E-state index in [4.69, 9.17) is 10.5 Å². The van der Waals surface area contributed by atoms with Gasteiger partial charge in [0.2, 0.25) is 5.91 Å². The number of benzene rings is 1. The minimum atomic E-state index is -0.814. The van der Waals surface area contributed by atoms with Gasteiger partial charge in [-0.25, -0.2) is 0 Å². The molecule has 2 bridgehead atoms. The van der Waals surface area contributed by atoms with Crippen molar-refractivity contribution in [3.05, 3.63) is 29.8 Å². The molecule has 1 aromatic rings. The lowest BCUT2D eigenvalue weighted by atomic mass is 9.75. The van der Waals surface area contributed by atoms with Crippen LogP contribution in [0.1, 0.15) is 38.2 Å². The summed E-state index contributed by atoms with van der Waals surface area (Å²) >= 11 is 0. The van der Waals surface area contributed by atoms with Crippen LogP contribution in [0.2, 0.25) is 0 Å². The first-order valence-corrected chi connectivity index (χ1v) is 9.38. The number of methoxy groups -OCH3 is 1. The lowest BCUT2D eigenvalue weighted by Gasteiger charge is -2.51. The van der Waals surface area contributed by atoms with Crippen LogP contribution in [0.4, 0.5) is 0 Å². The highest BCUT2D eigenvalue weighted by Crippen LogP contribution is 2.47. The molecule has 5 heteroatoms. The second-order valence-electron chi connectivity index (χ2n) is 8.41. The highest BCUT2D eigenvalue weighted by Gasteiger charge is 2.55. The Labute approximate surface area is 150 Å². The Bertz CT molecular complexity index is 644. The van der Waals surface area contributed by atoms with E-state index in [2.05, 4.69) is 21.9 Å². The van der Waals surface area contributed by atoms with Gasteiger partial charge in [-0.2, -0.15) is 0 Å². The highest BCUT2D eigenvalue weighted by atomic mass is 16.5. The minimum absolute atomic E-state index is 0.0901. The summed E-state index contributed by atoms with van der Waals surface area (Å²) in [5.74, 6) is 1.93. The van der Waals surface area contributed by atoms with Crippen molar-refractivity contribution in [2.45, 2.75) is 50.2 Å². The average Bonchev–Trinajstić information content (AvgIpc) is 3.04. The zero-order valence-corrected chi connectivity index (χ0v) is 15.4. The minimum Gasteiger partial charge on any atom is -0.497 e. The van der Waals surface area contributed by atoms with E-state index in [1.165, 1.54) is 18.4 Å². The SMILES string of the molecule is COc1ccc([C@H]2CN(C(=O)C(C)(C)N)[C@H]3C4CCN(CC4)[C@@H]23)cc1. The molecule has 4 heterocycles. The number of nitrogens with zero attached hydrogens (tertiary/aromatic N) is 2. The van der Waals surface area contributed by atoms with Crippen molar-refractivity contribution in [1.29, 1.82) is 0 Å². The predicted octanol–water partition coefficient (Wildman–Crippen LogP) is 1.82. The van der Waals surface area contributed by atoms with E-state index in [0.29, 0.717) is 23.9 Å². The molecule has 4 saturated heterocycles. The number of carbonyl (C=O) groups excluding carboxylic acids is 1. The van der Waals surface area contributed by atoms with Crippen LogP contribution in [0.25, 0.3) is 0 Å². The first kappa shape index (κ1) is 16.9. The van der Waals surface area contributed by atoms with Crippen LogP contribution in [0.5, 0.6) is 5.75 Å². The molecular weight excluding hydrogens is 314 g/mol. The van der Waals surface area contributed by atoms with Crippen molar-refractivity contribution in [2.24, 2.45) is 11.7 Å². The van der Waals surface area contributed by atoms with Crippen molar-refractivity contribution in [3.8, 4) is 5.75 Å². The second kappa shape index (κ2) is 5.99. The number of hydrogen-bond donors (Lipinski definition) is 1. The van der Waals surface area contributed by atoms with Gasteiger partial charge in [-0.1, -0.05) is 12.1 Å². The second-order valence-corrected chi connectivity index (χ2v) is 8.41. The summed E-state index contributed by atoms with van der Waals surface area (Å²) in [6.07, 6.45) is 2.40. The van der Waals surface area contributed by atoms with Gasteiger partial charge in [0.05, 0.1) is 18.7 Å². The Hall–Kier alpha value is -1.59. The lowest BCUT2D eigenvalue weighted by Crippen LogP contribution is -2.63. The molecule has 0 aromatic heterocycles. The van der Waals surface area contributed by atoms with Gasteiger partial charge in [0.25, 0.3) is 0 Å². The first-order valence-electron chi connectivity index (χ1n) is 9.38. The predicted molar refractivity (Wildman–Crippen MR) is 97.6 cm³/mol. The van der Waals surface area contributed by atoms with Gasteiger partial charge in [0.15, 0.2) is 0 Å². The fourth-order valence-corrected chi connectivity index (χ4v) is 5.17. The quantitative estimate of drug-likeness (QED) is 0.909. The zero-order chi connectivity index (χ0) is 17.8. The fourth-order valence-electron chi connectivity index (χ4n) is 5.17. The van der Waals surface area contributed by atoms with Crippen LogP contribution in [-0.4, -0.2) is 60.1 Å². The lowest BCUT2D eigenvalue weighted by molar-refractivity contribution is -0.140. The number of fused-ring (bicyclic) bond motifs is 2. The van der Waals surface area contributed by atoms with E-state index >= 15 is 0 Å². The molecule has 0 radical (unpaired) electrons. The maximum absolute atomic E-state index is 13.0. The van der Waals surface area contributed by atoms with E-state index in [1.807, 2.05) is 26.0 Å². The van der Waals surface area contributed by atoms with Crippen LogP contribution in [0.3, 0.4) is 0 Å². The third-order valence-corrected chi connectivity index (χ3v) is 6.35. The standard InChI is InChI=1S/C20H29N3O2/c1-20(2,21)19(24)23-12-16(13-4-6-15(25-3)7-5-13)18-17(23)14-8-10-22(18)11-9-14/h4-7,14,16-18H,8-12,21H2,1-3H3/t16-,17+,18+/m1/s1. The molecule has 0 spiro atoms. The maximum atomic E-state index is 13.0. The molecule has 25 heavy (non-hydrogen) atoms. The number of amides is 1. The smallest absolute Gasteiger partial charge is 0.242 e. The summed E-state index contributed by atoms with van der Waals surface area (Å²) in [5, 5.41) is 0. The van der Waals surface area contributed by atoms with Crippen LogP contribution in [0, 0.1) is 5.92 Å². The molecule has 1 amide bonds. The van der Waals surface area contributed by atoms with Crippen LogP contribution in [-0.2, 0) is 4.79 Å². The van der Waals surface area contributed by atoms with Crippen molar-refractivity contribution in [3.63, 3.8) is 0 Å². The van der Waals surface area contributed by atoms with Crippen molar-refractivity contribution < 1.29 is 9.53 Å². The fraction of sp³-hybridized carbons (Fsp3) is 0.650. The Balaban J connectivity index is 1.69. The molecule has 136 valence electrons. The molecule has 5 rings (SSSR count). The summed E-state index contributed by atoms with van der Waals surface area (Å²) in [6.45, 7) is 6.74. The first-order chi connectivity index (χ1) is 11.9. The van der Waals surface area contributed by atoms with Gasteiger partial charge < -0.3 is 15.4 Å². The molecule has 5 nitrogen and oxygen atoms in total. The summed E-state index contributed by atoms with van der Waals surface area (Å²) in [5.41, 5.74) is 6.66. The molecule has 4 fully saturated rings. The van der Waals surface area contributed by atoms with Gasteiger partial charge in [-0.15, -0.1) is 0 Å². The van der Waals surface area contributed by atoms with E-state index in [9.17, 15) is 4.79 Å². The monoisotopic (exact) mass is 343 g/mol. The Morgan fingerprint density at radius 1 is 1.16 bits per heavy atom. The summed E-state index contributed by atoms with van der Waals surface area (Å²) in [6, 6.07) is 9.10. The molecule has 4 aliphatic heterocycles.